The van der Waals surface area contributed by atoms with E-state index in [0.29, 0.717) is 11.1 Å². The normalized spacial score (nSPS) is 25.2. The molecule has 1 aliphatic carbocycles. The summed E-state index contributed by atoms with van der Waals surface area (Å²) in [5.41, 5.74) is 2.68. The topological polar surface area (TPSA) is 28.2 Å². The van der Waals surface area contributed by atoms with Crippen molar-refractivity contribution in [3.8, 4) is 0 Å². The molecule has 3 nitrogen and oxygen atoms in total. The van der Waals surface area contributed by atoms with Crippen LogP contribution in [0.5, 0.6) is 0 Å². The van der Waals surface area contributed by atoms with Crippen molar-refractivity contribution in [3.63, 3.8) is 0 Å². The van der Waals surface area contributed by atoms with Crippen molar-refractivity contribution < 1.29 is 0 Å². The molecule has 1 N–H and O–H groups in total. The van der Waals surface area contributed by atoms with Gasteiger partial charge in [0, 0.05) is 41.8 Å². The number of hydrogen-bond donors (Lipinski definition) is 1. The van der Waals surface area contributed by atoms with Crippen LogP contribution in [-0.2, 0) is 6.54 Å². The molecule has 2 heterocycles. The van der Waals surface area contributed by atoms with Crippen LogP contribution in [0.15, 0.2) is 11.7 Å². The highest BCUT2D eigenvalue weighted by molar-refractivity contribution is 7.09. The average molecular weight is 308 g/mol. The summed E-state index contributed by atoms with van der Waals surface area (Å²) < 4.78 is 0. The lowest BCUT2D eigenvalue weighted by atomic mass is 9.75. The summed E-state index contributed by atoms with van der Waals surface area (Å²) in [6.07, 6.45) is 11.4. The maximum Gasteiger partial charge on any atom is 0.0794 e. The summed E-state index contributed by atoms with van der Waals surface area (Å²) in [4.78, 5) is 8.50. The smallest absolute Gasteiger partial charge is 0.0794 e. The molecular formula is C17H29N3S. The molecule has 3 rings (SSSR count). The number of nitrogens with zero attached hydrogens (tertiary/aromatic N) is 2. The molecule has 2 fully saturated rings. The number of nitrogens with one attached hydrogen (secondary N) is 1. The van der Waals surface area contributed by atoms with E-state index in [4.69, 9.17) is 0 Å². The summed E-state index contributed by atoms with van der Waals surface area (Å²) in [5.74, 6) is 0. The molecule has 1 saturated carbocycles. The van der Waals surface area contributed by atoms with Gasteiger partial charge in [-0.2, -0.15) is 0 Å². The number of rotatable bonds is 4. The first-order valence-electron chi connectivity index (χ1n) is 8.59. The van der Waals surface area contributed by atoms with Crippen LogP contribution in [0.3, 0.4) is 0 Å². The third-order valence-corrected chi connectivity index (χ3v) is 6.69. The van der Waals surface area contributed by atoms with Crippen molar-refractivity contribution in [3.05, 3.63) is 16.6 Å². The van der Waals surface area contributed by atoms with Crippen molar-refractivity contribution in [2.75, 3.05) is 13.1 Å². The zero-order valence-electron chi connectivity index (χ0n) is 13.5. The molecule has 1 aromatic heterocycles. The first-order valence-corrected chi connectivity index (χ1v) is 9.47. The van der Waals surface area contributed by atoms with E-state index >= 15 is 0 Å². The van der Waals surface area contributed by atoms with Crippen LogP contribution >= 0.6 is 11.3 Å². The highest BCUT2D eigenvalue weighted by Gasteiger charge is 2.46. The van der Waals surface area contributed by atoms with Crippen LogP contribution in [-0.4, -0.2) is 34.1 Å². The van der Waals surface area contributed by atoms with Crippen molar-refractivity contribution >= 4 is 11.3 Å². The van der Waals surface area contributed by atoms with Crippen LogP contribution in [0, 0.1) is 0 Å². The third kappa shape index (κ3) is 3.03. The molecule has 0 radical (unpaired) electrons. The molecule has 0 bridgehead atoms. The van der Waals surface area contributed by atoms with Crippen molar-refractivity contribution in [1.29, 1.82) is 0 Å². The van der Waals surface area contributed by atoms with Gasteiger partial charge in [-0.1, -0.05) is 33.1 Å². The summed E-state index contributed by atoms with van der Waals surface area (Å²) in [6.45, 7) is 8.12. The van der Waals surface area contributed by atoms with Gasteiger partial charge in [0.25, 0.3) is 0 Å². The highest BCUT2D eigenvalue weighted by Crippen LogP contribution is 2.39. The van der Waals surface area contributed by atoms with Crippen LogP contribution in [0.2, 0.25) is 0 Å². The molecule has 21 heavy (non-hydrogen) atoms. The fourth-order valence-electron chi connectivity index (χ4n) is 4.21. The van der Waals surface area contributed by atoms with Crippen molar-refractivity contribution in [2.45, 2.75) is 76.4 Å². The van der Waals surface area contributed by atoms with E-state index in [2.05, 4.69) is 35.2 Å². The first kappa shape index (κ1) is 15.4. The maximum atomic E-state index is 4.27. The lowest BCUT2D eigenvalue weighted by Gasteiger charge is -2.56. The molecule has 0 atom stereocenters. The van der Waals surface area contributed by atoms with Gasteiger partial charge in [-0.25, -0.2) is 0 Å². The second-order valence-electron chi connectivity index (χ2n) is 6.95. The number of aromatic nitrogens is 1. The summed E-state index contributed by atoms with van der Waals surface area (Å²) in [5, 5.41) is 3.95. The quantitative estimate of drug-likeness (QED) is 0.917. The van der Waals surface area contributed by atoms with E-state index in [1.807, 2.05) is 5.51 Å². The van der Waals surface area contributed by atoms with Crippen LogP contribution in [0.4, 0.5) is 0 Å². The fourth-order valence-corrected chi connectivity index (χ4v) is 4.82. The Hall–Kier alpha value is -0.450. The molecule has 0 aromatic carbocycles. The van der Waals surface area contributed by atoms with E-state index in [-0.39, 0.29) is 0 Å². The third-order valence-electron chi connectivity index (χ3n) is 5.92. The molecule has 1 saturated heterocycles. The van der Waals surface area contributed by atoms with E-state index in [9.17, 15) is 0 Å². The molecule has 1 aliphatic heterocycles. The van der Waals surface area contributed by atoms with Crippen LogP contribution in [0.1, 0.15) is 63.7 Å². The predicted octanol–water partition coefficient (Wildman–Crippen LogP) is 3.81. The second kappa shape index (κ2) is 6.35. The monoisotopic (exact) mass is 307 g/mol. The van der Waals surface area contributed by atoms with Crippen LogP contribution in [0.25, 0.3) is 0 Å². The fraction of sp³-hybridized carbons (Fsp3) is 0.824. The molecule has 2 aliphatic rings. The largest absolute Gasteiger partial charge is 0.308 e. The Labute approximate surface area is 133 Å². The van der Waals surface area contributed by atoms with E-state index in [0.717, 1.165) is 6.54 Å². The van der Waals surface area contributed by atoms with Crippen LogP contribution < -0.4 is 5.32 Å². The second-order valence-corrected chi connectivity index (χ2v) is 7.92. The van der Waals surface area contributed by atoms with E-state index in [1.165, 1.54) is 62.9 Å². The zero-order valence-corrected chi connectivity index (χ0v) is 14.3. The van der Waals surface area contributed by atoms with Gasteiger partial charge in [0.2, 0.25) is 0 Å². The van der Waals surface area contributed by atoms with E-state index < -0.39 is 0 Å². The average Bonchev–Trinajstić information content (AvgIpc) is 3.04. The van der Waals surface area contributed by atoms with Gasteiger partial charge in [0.15, 0.2) is 0 Å². The minimum Gasteiger partial charge on any atom is -0.308 e. The molecule has 0 amide bonds. The van der Waals surface area contributed by atoms with E-state index in [1.54, 1.807) is 11.3 Å². The number of piperazine rings is 1. The summed E-state index contributed by atoms with van der Waals surface area (Å²) in [6, 6.07) is 0. The molecule has 118 valence electrons. The first-order chi connectivity index (χ1) is 10.2. The Morgan fingerprint density at radius 3 is 2.62 bits per heavy atom. The van der Waals surface area contributed by atoms with Gasteiger partial charge in [-0.05, 0) is 25.7 Å². The molecule has 4 heteroatoms. The maximum absolute atomic E-state index is 4.27. The van der Waals surface area contributed by atoms with Gasteiger partial charge >= 0.3 is 0 Å². The Morgan fingerprint density at radius 1 is 1.24 bits per heavy atom. The minimum absolute atomic E-state index is 0.313. The SMILES string of the molecule is CCC1(CC)CN(Cc2cncs2)C2(CCCCC2)CN1. The summed E-state index contributed by atoms with van der Waals surface area (Å²) >= 11 is 1.81. The Balaban J connectivity index is 1.82. The summed E-state index contributed by atoms with van der Waals surface area (Å²) in [7, 11) is 0. The van der Waals surface area contributed by atoms with Gasteiger partial charge in [0.1, 0.15) is 0 Å². The zero-order chi connectivity index (χ0) is 14.8. The van der Waals surface area contributed by atoms with Gasteiger partial charge in [-0.3, -0.25) is 9.88 Å². The molecule has 1 aromatic rings. The van der Waals surface area contributed by atoms with Crippen molar-refractivity contribution in [1.82, 2.24) is 15.2 Å². The van der Waals surface area contributed by atoms with Gasteiger partial charge < -0.3 is 5.32 Å². The Bertz CT molecular complexity index is 433. The number of hydrogen-bond acceptors (Lipinski definition) is 4. The Kier molecular flexibility index (Phi) is 4.67. The lowest BCUT2D eigenvalue weighted by Crippen LogP contribution is -2.69. The number of thiazole rings is 1. The standard InChI is InChI=1S/C17H29N3S/c1-3-16(4-2)13-20(11-15-10-18-14-21-15)17(12-19-16)8-6-5-7-9-17/h10,14,19H,3-9,11-13H2,1-2H3. The van der Waals surface area contributed by atoms with Gasteiger partial charge in [-0.15, -0.1) is 11.3 Å². The Morgan fingerprint density at radius 2 is 2.00 bits per heavy atom. The molecular weight excluding hydrogens is 278 g/mol. The molecule has 0 unspecified atom stereocenters. The lowest BCUT2D eigenvalue weighted by molar-refractivity contribution is -0.0271. The predicted molar refractivity (Wildman–Crippen MR) is 89.7 cm³/mol. The molecule has 1 spiro atoms. The minimum atomic E-state index is 0.313. The van der Waals surface area contributed by atoms with Gasteiger partial charge in [0.05, 0.1) is 5.51 Å². The van der Waals surface area contributed by atoms with Crippen molar-refractivity contribution in [2.24, 2.45) is 0 Å². The highest BCUT2D eigenvalue weighted by atomic mass is 32.1.